The maximum absolute atomic E-state index is 12.3. The third kappa shape index (κ3) is 47.5. The number of carbonyl (C=O) groups is 2. The minimum Gasteiger partial charge on any atom is -0.465 e. The van der Waals surface area contributed by atoms with Crippen LogP contribution in [0, 0.1) is 5.92 Å². The Morgan fingerprint density at radius 1 is 0.247 bits per heavy atom. The molecule has 0 atom stereocenters. The minimum absolute atomic E-state index is 0.248. The lowest BCUT2D eigenvalue weighted by molar-refractivity contribution is -0.161. The number of carbonyl (C=O) groups excluding carboxylic acids is 2. The Balaban J connectivity index is 4.39. The lowest BCUT2D eigenvalue weighted by Gasteiger charge is -2.13. The minimum atomic E-state index is -0.894. The van der Waals surface area contributed by atoms with Gasteiger partial charge in [-0.05, 0) is 291 Å². The molecule has 0 aliphatic rings. The first kappa shape index (κ1) is 76.3. The van der Waals surface area contributed by atoms with E-state index in [2.05, 4.69) is 183 Å². The van der Waals surface area contributed by atoms with Gasteiger partial charge in [-0.1, -0.05) is 163 Å². The number of allylic oxidation sites excluding steroid dienone is 28. The van der Waals surface area contributed by atoms with Gasteiger partial charge in [-0.2, -0.15) is 0 Å². The Morgan fingerprint density at radius 3 is 0.543 bits per heavy atom. The highest BCUT2D eigenvalue weighted by Gasteiger charge is 2.28. The van der Waals surface area contributed by atoms with Gasteiger partial charge in [0.1, 0.15) is 0 Å². The topological polar surface area (TPSA) is 52.6 Å². The number of esters is 2. The molecule has 0 saturated heterocycles. The third-order valence-corrected chi connectivity index (χ3v) is 15.3. The van der Waals surface area contributed by atoms with Crippen LogP contribution in [0.15, 0.2) is 163 Å². The molecule has 0 amide bonds. The molecule has 0 fully saturated rings. The quantitative estimate of drug-likeness (QED) is 0.0346. The molecule has 0 aliphatic heterocycles. The van der Waals surface area contributed by atoms with Gasteiger partial charge in [-0.3, -0.25) is 9.59 Å². The van der Waals surface area contributed by atoms with Crippen molar-refractivity contribution in [2.24, 2.45) is 5.92 Å². The van der Waals surface area contributed by atoms with Crippen molar-refractivity contribution in [1.29, 1.82) is 0 Å². The molecule has 456 valence electrons. The van der Waals surface area contributed by atoms with Gasteiger partial charge in [0.05, 0.1) is 13.2 Å². The molecule has 0 radical (unpaired) electrons. The second-order valence-corrected chi connectivity index (χ2v) is 24.2. The number of hydrogen-bond acceptors (Lipinski definition) is 4. The molecule has 4 nitrogen and oxygen atoms in total. The summed E-state index contributed by atoms with van der Waals surface area (Å²) >= 11 is 0. The Bertz CT molecular complexity index is 2220. The van der Waals surface area contributed by atoms with Crippen molar-refractivity contribution < 1.29 is 19.1 Å². The molecule has 0 aromatic carbocycles. The van der Waals surface area contributed by atoms with Crippen LogP contribution in [0.25, 0.3) is 0 Å². The molecule has 0 aliphatic carbocycles. The van der Waals surface area contributed by atoms with Crippen LogP contribution < -0.4 is 0 Å². The Morgan fingerprint density at radius 2 is 0.395 bits per heavy atom. The summed E-state index contributed by atoms with van der Waals surface area (Å²) < 4.78 is 10.2. The molecule has 0 rings (SSSR count). The summed E-state index contributed by atoms with van der Waals surface area (Å²) in [6.07, 6.45) is 63.2. The Kier molecular flexibility index (Phi) is 47.0. The van der Waals surface area contributed by atoms with E-state index < -0.39 is 17.9 Å². The standard InChI is InChI=1S/C77H124O4/c1-18-80-76(78)75(77(79)81-19-2)60-59-74(17)58-32-57-73(16)56-31-55-72(15)54-30-53-71(14)52-29-51-70(13)50-28-49-69(12)48-27-47-68(11)46-26-45-67(10)44-25-43-66(9)42-24-41-65(8)40-23-39-64(7)38-22-37-63(6)36-21-35-62(5)34-20-33-61(3)4/h33,35,37,39,41,43,45,47,49,51,53,55,57,59,75H,18-32,34,36,38,40,42,44,46,48,50,52,54,56,58,60H2,1-17H3/b62-35+,63-37+,64-39-,65-41-,66-43-,67-45-,68-47-,69-49-,70-51-,71-53-,72-55-,73-57-,74-59-. The Labute approximate surface area is 501 Å². The summed E-state index contributed by atoms with van der Waals surface area (Å²) in [6, 6.07) is 0. The zero-order valence-electron chi connectivity index (χ0n) is 55.8. The summed E-state index contributed by atoms with van der Waals surface area (Å²) in [4.78, 5) is 24.5. The van der Waals surface area contributed by atoms with E-state index in [1.165, 1.54) is 105 Å². The van der Waals surface area contributed by atoms with Crippen LogP contribution in [0.1, 0.15) is 291 Å². The van der Waals surface area contributed by atoms with Crippen molar-refractivity contribution in [2.45, 2.75) is 291 Å². The van der Waals surface area contributed by atoms with E-state index in [1.807, 2.05) is 6.08 Å². The van der Waals surface area contributed by atoms with E-state index in [-0.39, 0.29) is 13.2 Å². The maximum atomic E-state index is 12.3. The highest BCUT2D eigenvalue weighted by Crippen LogP contribution is 2.21. The van der Waals surface area contributed by atoms with E-state index in [4.69, 9.17) is 9.47 Å². The first-order valence-corrected chi connectivity index (χ1v) is 32.1. The highest BCUT2D eigenvalue weighted by molar-refractivity contribution is 5.95. The zero-order valence-corrected chi connectivity index (χ0v) is 55.8. The van der Waals surface area contributed by atoms with Gasteiger partial charge in [0.2, 0.25) is 0 Å². The second-order valence-electron chi connectivity index (χ2n) is 24.2. The number of ether oxygens (including phenoxy) is 2. The van der Waals surface area contributed by atoms with Gasteiger partial charge in [0.25, 0.3) is 0 Å². The predicted molar refractivity (Wildman–Crippen MR) is 360 cm³/mol. The number of rotatable bonds is 45. The lowest BCUT2D eigenvalue weighted by Crippen LogP contribution is -2.27. The van der Waals surface area contributed by atoms with Crippen molar-refractivity contribution in [2.75, 3.05) is 13.2 Å². The fourth-order valence-electron chi connectivity index (χ4n) is 9.56. The fraction of sp³-hybridized carbons (Fsp3) is 0.610. The average Bonchev–Trinajstić information content (AvgIpc) is 3.38. The molecule has 0 saturated carbocycles. The molecule has 0 aromatic heterocycles. The van der Waals surface area contributed by atoms with Crippen LogP contribution in [0.4, 0.5) is 0 Å². The van der Waals surface area contributed by atoms with E-state index in [0.29, 0.717) is 6.42 Å². The zero-order chi connectivity index (χ0) is 60.6. The van der Waals surface area contributed by atoms with Crippen LogP contribution in [0.3, 0.4) is 0 Å². The van der Waals surface area contributed by atoms with Crippen molar-refractivity contribution in [3.8, 4) is 0 Å². The van der Waals surface area contributed by atoms with Gasteiger partial charge < -0.3 is 9.47 Å². The molecular weight excluding hydrogens is 989 g/mol. The monoisotopic (exact) mass is 1110 g/mol. The first-order valence-electron chi connectivity index (χ1n) is 32.1. The van der Waals surface area contributed by atoms with Crippen LogP contribution >= 0.6 is 0 Å². The third-order valence-electron chi connectivity index (χ3n) is 15.3. The maximum Gasteiger partial charge on any atom is 0.320 e. The number of hydrogen-bond donors (Lipinski definition) is 0. The first-order chi connectivity index (χ1) is 38.6. The smallest absolute Gasteiger partial charge is 0.320 e. The summed E-state index contributed by atoms with van der Waals surface area (Å²) in [6.45, 7) is 37.9. The summed E-state index contributed by atoms with van der Waals surface area (Å²) in [5, 5.41) is 0. The highest BCUT2D eigenvalue weighted by atomic mass is 16.6. The molecule has 0 heterocycles. The summed E-state index contributed by atoms with van der Waals surface area (Å²) in [5.74, 6) is -1.92. The molecule has 81 heavy (non-hydrogen) atoms. The lowest BCUT2D eigenvalue weighted by atomic mass is 10.0. The average molecular weight is 1110 g/mol. The van der Waals surface area contributed by atoms with Crippen molar-refractivity contribution in [1.82, 2.24) is 0 Å². The fourth-order valence-corrected chi connectivity index (χ4v) is 9.56. The van der Waals surface area contributed by atoms with E-state index in [0.717, 1.165) is 140 Å². The van der Waals surface area contributed by atoms with E-state index >= 15 is 0 Å². The van der Waals surface area contributed by atoms with Crippen molar-refractivity contribution >= 4 is 11.9 Å². The van der Waals surface area contributed by atoms with Gasteiger partial charge in [-0.25, -0.2) is 0 Å². The van der Waals surface area contributed by atoms with Gasteiger partial charge in [-0.15, -0.1) is 0 Å². The van der Waals surface area contributed by atoms with Gasteiger partial charge in [0.15, 0.2) is 5.92 Å². The van der Waals surface area contributed by atoms with E-state index in [1.54, 1.807) is 13.8 Å². The summed E-state index contributed by atoms with van der Waals surface area (Å²) in [5.41, 5.74) is 20.6. The van der Waals surface area contributed by atoms with Crippen molar-refractivity contribution in [3.63, 3.8) is 0 Å². The normalized spacial score (nSPS) is 14.6. The molecule has 0 N–H and O–H groups in total. The predicted octanol–water partition coefficient (Wildman–Crippen LogP) is 24.5. The molecule has 0 bridgehead atoms. The molecule has 0 unspecified atom stereocenters. The molecular formula is C77H124O4. The van der Waals surface area contributed by atoms with Crippen LogP contribution in [0.2, 0.25) is 0 Å². The van der Waals surface area contributed by atoms with Crippen LogP contribution in [-0.2, 0) is 19.1 Å². The van der Waals surface area contributed by atoms with E-state index in [9.17, 15) is 9.59 Å². The van der Waals surface area contributed by atoms with Gasteiger partial charge in [0, 0.05) is 0 Å². The molecule has 0 aromatic rings. The Hall–Kier alpha value is -4.70. The van der Waals surface area contributed by atoms with Gasteiger partial charge >= 0.3 is 11.9 Å². The molecule has 4 heteroatoms. The SMILES string of the molecule is CCOC(=O)C(C/C=C(/C)CC/C=C(/C)CC/C=C(/C)CC/C=C(/C)CC/C=C(/C)CC/C=C(/C)CC/C=C(/C)CC/C=C(/C)CC/C=C(/C)CC/C=C(/C)CC/C=C(/C)CC/C=C(\C)CC/C=C(\C)CCC=C(C)C)C(=O)OCC. The second kappa shape index (κ2) is 49.9. The van der Waals surface area contributed by atoms with Crippen LogP contribution in [0.5, 0.6) is 0 Å². The summed E-state index contributed by atoms with van der Waals surface area (Å²) in [7, 11) is 0. The van der Waals surface area contributed by atoms with Crippen molar-refractivity contribution in [3.05, 3.63) is 163 Å². The molecule has 0 spiro atoms. The largest absolute Gasteiger partial charge is 0.465 e. The van der Waals surface area contributed by atoms with Crippen LogP contribution in [-0.4, -0.2) is 25.2 Å².